The van der Waals surface area contributed by atoms with Crippen molar-refractivity contribution in [3.8, 4) is 28.4 Å². The van der Waals surface area contributed by atoms with Crippen molar-refractivity contribution in [2.75, 3.05) is 16.5 Å². The molecule has 0 bridgehead atoms. The van der Waals surface area contributed by atoms with Crippen LogP contribution in [-0.4, -0.2) is 16.2 Å². The Kier molecular flexibility index (Phi) is 15.2. The Labute approximate surface area is 524 Å². The molecule has 0 fully saturated rings. The molecule has 11 aromatic rings. The molecule has 0 radical (unpaired) electrons. The SMILES string of the molecule is CC(C)c1cccc(C(C)C)c1-c1cc(Oc2cc(C(C)(C)c3ccccc3)c3c4ccccc4n(-c4cc(C(C)(C)C)ccn4)c3c2)cc(N2CN(c3cc(C(C)(C)c4ccccc4)cc(C(C)(C)c4ccccc4)c3)c3cc(C(C)(C)C)ccc32)c1. The number of aromatic nitrogens is 2. The zero-order valence-electron chi connectivity index (χ0n) is 54.8. The van der Waals surface area contributed by atoms with Gasteiger partial charge in [0.2, 0.25) is 0 Å². The lowest BCUT2D eigenvalue weighted by molar-refractivity contribution is 0.481. The Morgan fingerprint density at radius 2 is 0.909 bits per heavy atom. The number of pyridine rings is 1. The molecule has 1 aliphatic heterocycles. The number of hydrogen-bond donors (Lipinski definition) is 0. The van der Waals surface area contributed by atoms with Gasteiger partial charge in [-0.2, -0.15) is 0 Å². The van der Waals surface area contributed by atoms with Crippen molar-refractivity contribution in [1.82, 2.24) is 9.55 Å². The van der Waals surface area contributed by atoms with Crippen molar-refractivity contribution in [2.24, 2.45) is 0 Å². The molecule has 0 spiro atoms. The van der Waals surface area contributed by atoms with Crippen molar-refractivity contribution >= 4 is 44.6 Å². The molecule has 0 saturated carbocycles. The predicted molar refractivity (Wildman–Crippen MR) is 374 cm³/mol. The van der Waals surface area contributed by atoms with Crippen LogP contribution in [0.1, 0.15) is 178 Å². The fraction of sp³-hybridized carbons (Fsp3) is 0.289. The maximum absolute atomic E-state index is 7.67. The van der Waals surface area contributed by atoms with Crippen LogP contribution in [0.15, 0.2) is 219 Å². The van der Waals surface area contributed by atoms with Gasteiger partial charge in [0, 0.05) is 56.7 Å². The Morgan fingerprint density at radius 1 is 0.398 bits per heavy atom. The first kappa shape index (κ1) is 59.7. The summed E-state index contributed by atoms with van der Waals surface area (Å²) in [5.41, 5.74) is 20.6. The van der Waals surface area contributed by atoms with Gasteiger partial charge < -0.3 is 14.5 Å². The van der Waals surface area contributed by atoms with Gasteiger partial charge in [0.05, 0.1) is 22.4 Å². The molecule has 446 valence electrons. The zero-order valence-corrected chi connectivity index (χ0v) is 54.8. The number of ether oxygens (including phenoxy) is 1. The van der Waals surface area contributed by atoms with Gasteiger partial charge in [-0.3, -0.25) is 4.57 Å². The lowest BCUT2D eigenvalue weighted by Crippen LogP contribution is -2.27. The van der Waals surface area contributed by atoms with Crippen LogP contribution in [0.25, 0.3) is 38.8 Å². The fourth-order valence-electron chi connectivity index (χ4n) is 13.6. The van der Waals surface area contributed by atoms with Gasteiger partial charge in [-0.15, -0.1) is 0 Å². The molecular formula is C83H88N4O. The van der Waals surface area contributed by atoms with Crippen LogP contribution in [0.4, 0.5) is 22.7 Å². The van der Waals surface area contributed by atoms with E-state index in [4.69, 9.17) is 9.72 Å². The van der Waals surface area contributed by atoms with E-state index in [1.165, 1.54) is 77.7 Å². The average Bonchev–Trinajstić information content (AvgIpc) is 1.64. The topological polar surface area (TPSA) is 33.5 Å². The molecule has 88 heavy (non-hydrogen) atoms. The van der Waals surface area contributed by atoms with Gasteiger partial charge in [0.25, 0.3) is 0 Å². The van der Waals surface area contributed by atoms with E-state index < -0.39 is 5.41 Å². The normalized spacial score (nSPS) is 13.3. The highest BCUT2D eigenvalue weighted by Gasteiger charge is 2.36. The minimum Gasteiger partial charge on any atom is -0.457 e. The number of benzene rings is 9. The summed E-state index contributed by atoms with van der Waals surface area (Å²) in [6.45, 7) is 37.9. The molecule has 12 rings (SSSR count). The summed E-state index contributed by atoms with van der Waals surface area (Å²) < 4.78 is 10.0. The Balaban J connectivity index is 1.10. The molecule has 0 amide bonds. The molecule has 2 aromatic heterocycles. The van der Waals surface area contributed by atoms with E-state index in [0.29, 0.717) is 6.67 Å². The number of para-hydroxylation sites is 1. The van der Waals surface area contributed by atoms with Crippen LogP contribution in [0.5, 0.6) is 11.5 Å². The number of hydrogen-bond acceptors (Lipinski definition) is 4. The van der Waals surface area contributed by atoms with E-state index in [-0.39, 0.29) is 33.5 Å². The maximum atomic E-state index is 7.67. The third-order valence-corrected chi connectivity index (χ3v) is 19.2. The summed E-state index contributed by atoms with van der Waals surface area (Å²) in [4.78, 5) is 10.2. The van der Waals surface area contributed by atoms with Gasteiger partial charge in [-0.25, -0.2) is 4.98 Å². The third-order valence-electron chi connectivity index (χ3n) is 19.2. The summed E-state index contributed by atoms with van der Waals surface area (Å²) in [7, 11) is 0. The van der Waals surface area contributed by atoms with Crippen LogP contribution in [0, 0.1) is 0 Å². The molecule has 9 aromatic carbocycles. The van der Waals surface area contributed by atoms with Crippen LogP contribution >= 0.6 is 0 Å². The lowest BCUT2D eigenvalue weighted by atomic mass is 9.73. The number of anilines is 4. The van der Waals surface area contributed by atoms with Crippen molar-refractivity contribution in [1.29, 1.82) is 0 Å². The largest absolute Gasteiger partial charge is 0.457 e. The molecule has 0 saturated heterocycles. The van der Waals surface area contributed by atoms with Crippen molar-refractivity contribution in [3.63, 3.8) is 0 Å². The smallest absolute Gasteiger partial charge is 0.137 e. The van der Waals surface area contributed by atoms with Crippen LogP contribution in [0.2, 0.25) is 0 Å². The second-order valence-electron chi connectivity index (χ2n) is 29.0. The highest BCUT2D eigenvalue weighted by molar-refractivity contribution is 6.12. The van der Waals surface area contributed by atoms with Gasteiger partial charge in [-0.1, -0.05) is 250 Å². The summed E-state index contributed by atoms with van der Waals surface area (Å²) in [6, 6.07) is 79.2. The highest BCUT2D eigenvalue weighted by atomic mass is 16.5. The third kappa shape index (κ3) is 10.9. The molecule has 0 aliphatic carbocycles. The molecule has 0 unspecified atom stereocenters. The molecule has 0 N–H and O–H groups in total. The van der Waals surface area contributed by atoms with E-state index >= 15 is 0 Å². The second kappa shape index (κ2) is 22.5. The van der Waals surface area contributed by atoms with Crippen molar-refractivity contribution in [3.05, 3.63) is 274 Å². The van der Waals surface area contributed by atoms with Gasteiger partial charge in [0.1, 0.15) is 24.0 Å². The minimum absolute atomic E-state index is 0.0785. The van der Waals surface area contributed by atoms with E-state index in [1.54, 1.807) is 0 Å². The van der Waals surface area contributed by atoms with Crippen molar-refractivity contribution in [2.45, 2.75) is 150 Å². The Morgan fingerprint density at radius 3 is 1.48 bits per heavy atom. The summed E-state index contributed by atoms with van der Waals surface area (Å²) in [6.07, 6.45) is 1.97. The standard InChI is InChI=1S/C83H88N4O/c1-54(2)68-36-28-37-69(55(3)4)77(68)56-43-64(50-66(44-56)88-67-51-71(83(15,16)59-33-24-19-25-34-59)78-70-35-26-27-38-72(70)87(75(78)52-67)76-49-61(41-42-84-76)80(8,9)10)85-53-86(74-48-60(79(5,6)7)39-40-73(74)85)65-46-62(81(11,12)57-29-20-17-21-30-57)45-63(47-65)82(13,14)58-31-22-18-23-32-58/h17-52,54-55H,53H2,1-16H3. The molecule has 1 aliphatic rings. The van der Waals surface area contributed by atoms with Crippen LogP contribution in [0.3, 0.4) is 0 Å². The first-order valence-corrected chi connectivity index (χ1v) is 31.8. The van der Waals surface area contributed by atoms with Gasteiger partial charge in [0.15, 0.2) is 0 Å². The fourth-order valence-corrected chi connectivity index (χ4v) is 13.6. The zero-order chi connectivity index (χ0) is 62.2. The monoisotopic (exact) mass is 1160 g/mol. The minimum atomic E-state index is -0.428. The van der Waals surface area contributed by atoms with E-state index in [0.717, 1.165) is 51.0 Å². The van der Waals surface area contributed by atoms with Crippen LogP contribution < -0.4 is 14.5 Å². The average molecular weight is 1160 g/mol. The summed E-state index contributed by atoms with van der Waals surface area (Å²) in [5, 5.41) is 2.37. The predicted octanol–water partition coefficient (Wildman–Crippen LogP) is 22.7. The number of fused-ring (bicyclic) bond motifs is 4. The molecule has 5 heteroatoms. The molecule has 3 heterocycles. The Bertz CT molecular complexity index is 4280. The van der Waals surface area contributed by atoms with Crippen molar-refractivity contribution < 1.29 is 4.74 Å². The second-order valence-corrected chi connectivity index (χ2v) is 29.0. The number of rotatable bonds is 14. The lowest BCUT2D eigenvalue weighted by Gasteiger charge is -2.33. The van der Waals surface area contributed by atoms with Gasteiger partial charge >= 0.3 is 0 Å². The quantitative estimate of drug-likeness (QED) is 0.109. The maximum Gasteiger partial charge on any atom is 0.137 e. The number of nitrogens with zero attached hydrogens (tertiary/aromatic N) is 4. The first-order chi connectivity index (χ1) is 41.8. The molecular weight excluding hydrogens is 1070 g/mol. The Hall–Kier alpha value is -8.67. The summed E-state index contributed by atoms with van der Waals surface area (Å²) >= 11 is 0. The van der Waals surface area contributed by atoms with Gasteiger partial charge in [-0.05, 0) is 150 Å². The highest BCUT2D eigenvalue weighted by Crippen LogP contribution is 2.52. The van der Waals surface area contributed by atoms with E-state index in [9.17, 15) is 0 Å². The van der Waals surface area contributed by atoms with E-state index in [1.807, 2.05) is 6.20 Å². The van der Waals surface area contributed by atoms with E-state index in [2.05, 4.69) is 337 Å². The molecule has 0 atom stereocenters. The summed E-state index contributed by atoms with van der Waals surface area (Å²) in [5.74, 6) is 2.96. The van der Waals surface area contributed by atoms with Crippen LogP contribution in [-0.2, 0) is 27.1 Å². The first-order valence-electron chi connectivity index (χ1n) is 31.8. The molecule has 5 nitrogen and oxygen atoms in total.